The van der Waals surface area contributed by atoms with E-state index in [4.69, 9.17) is 4.74 Å². The fraction of sp³-hybridized carbons (Fsp3) is 0.595. The largest absolute Gasteiger partial charge is 0.359 e. The van der Waals surface area contributed by atoms with Crippen molar-refractivity contribution in [2.75, 3.05) is 31.5 Å². The molecule has 268 valence electrons. The molecule has 7 rings (SSSR count). The first-order valence-corrected chi connectivity index (χ1v) is 19.3. The quantitative estimate of drug-likeness (QED) is 0.277. The first-order valence-electron chi connectivity index (χ1n) is 19.3. The number of anilines is 1. The van der Waals surface area contributed by atoms with Crippen molar-refractivity contribution in [1.29, 1.82) is 0 Å². The van der Waals surface area contributed by atoms with Gasteiger partial charge in [-0.05, 0) is 98.7 Å². The highest BCUT2D eigenvalue weighted by atomic mass is 16.5. The summed E-state index contributed by atoms with van der Waals surface area (Å²) in [4.78, 5) is 47.2. The SMILES string of the molecule is CC(C)c1ccc(NC(=O)[C@H]2[C@H]3C=C[C@@]4(O3)[C@H]2C(=O)N(CCCN2CCC(Cc3ccccc3)CC2)[C@@H]4C(=O)N[C@@H]2CCC[C@@H](C)[C@@H]2C)cc1. The molecule has 2 N–H and O–H groups in total. The van der Waals surface area contributed by atoms with Gasteiger partial charge in [-0.1, -0.05) is 95.2 Å². The van der Waals surface area contributed by atoms with Crippen LogP contribution in [0.4, 0.5) is 5.69 Å². The summed E-state index contributed by atoms with van der Waals surface area (Å²) < 4.78 is 6.63. The van der Waals surface area contributed by atoms with Crippen LogP contribution in [0.2, 0.25) is 0 Å². The lowest BCUT2D eigenvalue weighted by molar-refractivity contribution is -0.141. The Kier molecular flexibility index (Phi) is 10.2. The van der Waals surface area contributed by atoms with Gasteiger partial charge in [0.2, 0.25) is 17.7 Å². The van der Waals surface area contributed by atoms with E-state index < -0.39 is 29.6 Å². The van der Waals surface area contributed by atoms with E-state index in [1.54, 1.807) is 4.90 Å². The molecule has 1 spiro atoms. The van der Waals surface area contributed by atoms with Crippen LogP contribution in [0.15, 0.2) is 66.7 Å². The maximum atomic E-state index is 14.5. The van der Waals surface area contributed by atoms with Gasteiger partial charge in [-0.25, -0.2) is 0 Å². The van der Waals surface area contributed by atoms with Gasteiger partial charge in [0, 0.05) is 18.3 Å². The maximum absolute atomic E-state index is 14.5. The molecular formula is C42H56N4O4. The number of carbonyl (C=O) groups excluding carboxylic acids is 3. The van der Waals surface area contributed by atoms with Crippen molar-refractivity contribution in [3.05, 3.63) is 77.9 Å². The van der Waals surface area contributed by atoms with Crippen LogP contribution < -0.4 is 10.6 Å². The zero-order valence-corrected chi connectivity index (χ0v) is 30.4. The van der Waals surface area contributed by atoms with E-state index in [1.165, 1.54) is 30.4 Å². The molecule has 4 fully saturated rings. The zero-order valence-electron chi connectivity index (χ0n) is 30.4. The van der Waals surface area contributed by atoms with Crippen LogP contribution in [0.3, 0.4) is 0 Å². The Bertz CT molecular complexity index is 1550. The highest BCUT2D eigenvalue weighted by Gasteiger charge is 2.72. The summed E-state index contributed by atoms with van der Waals surface area (Å²) in [7, 11) is 0. The van der Waals surface area contributed by atoms with Gasteiger partial charge in [-0.15, -0.1) is 0 Å². The van der Waals surface area contributed by atoms with Crippen molar-refractivity contribution in [3.63, 3.8) is 0 Å². The number of ether oxygens (including phenoxy) is 1. The highest BCUT2D eigenvalue weighted by Crippen LogP contribution is 2.55. The van der Waals surface area contributed by atoms with Crippen molar-refractivity contribution < 1.29 is 19.1 Å². The Labute approximate surface area is 298 Å². The van der Waals surface area contributed by atoms with E-state index in [0.717, 1.165) is 45.3 Å². The molecule has 5 aliphatic rings. The maximum Gasteiger partial charge on any atom is 0.246 e. The Hall–Kier alpha value is -3.49. The fourth-order valence-corrected chi connectivity index (χ4v) is 9.56. The molecule has 3 amide bonds. The molecule has 8 nitrogen and oxygen atoms in total. The van der Waals surface area contributed by atoms with Gasteiger partial charge in [-0.3, -0.25) is 14.4 Å². The van der Waals surface area contributed by atoms with Gasteiger partial charge >= 0.3 is 0 Å². The summed E-state index contributed by atoms with van der Waals surface area (Å²) in [6.45, 7) is 12.2. The topological polar surface area (TPSA) is 91.0 Å². The average Bonchev–Trinajstić information content (AvgIpc) is 3.75. The molecule has 4 heterocycles. The van der Waals surface area contributed by atoms with Crippen molar-refractivity contribution in [2.45, 2.75) is 102 Å². The van der Waals surface area contributed by atoms with Gasteiger partial charge in [0.25, 0.3) is 0 Å². The molecule has 2 aromatic carbocycles. The number of hydrogen-bond donors (Lipinski definition) is 2. The van der Waals surface area contributed by atoms with Gasteiger partial charge in [0.15, 0.2) is 0 Å². The van der Waals surface area contributed by atoms with Gasteiger partial charge in [-0.2, -0.15) is 0 Å². The third kappa shape index (κ3) is 6.78. The van der Waals surface area contributed by atoms with E-state index in [2.05, 4.69) is 73.6 Å². The summed E-state index contributed by atoms with van der Waals surface area (Å²) in [5.41, 5.74) is 2.16. The van der Waals surface area contributed by atoms with E-state index in [9.17, 15) is 14.4 Å². The molecule has 1 saturated carbocycles. The van der Waals surface area contributed by atoms with Crippen LogP contribution in [0.5, 0.6) is 0 Å². The van der Waals surface area contributed by atoms with Crippen LogP contribution in [-0.2, 0) is 25.5 Å². The lowest BCUT2D eigenvalue weighted by Crippen LogP contribution is -2.58. The smallest absolute Gasteiger partial charge is 0.246 e. The molecule has 3 saturated heterocycles. The van der Waals surface area contributed by atoms with Gasteiger partial charge in [0.1, 0.15) is 11.6 Å². The third-order valence-corrected chi connectivity index (χ3v) is 12.8. The zero-order chi connectivity index (χ0) is 35.0. The molecule has 2 bridgehead atoms. The first-order chi connectivity index (χ1) is 24.1. The van der Waals surface area contributed by atoms with Crippen LogP contribution in [0.1, 0.15) is 83.3 Å². The Morgan fingerprint density at radius 1 is 0.940 bits per heavy atom. The minimum absolute atomic E-state index is 0.0614. The molecule has 0 aromatic heterocycles. The molecule has 2 aromatic rings. The molecular weight excluding hydrogens is 624 g/mol. The van der Waals surface area contributed by atoms with Crippen molar-refractivity contribution in [3.8, 4) is 0 Å². The van der Waals surface area contributed by atoms with E-state index in [0.29, 0.717) is 35.9 Å². The molecule has 1 aliphatic carbocycles. The van der Waals surface area contributed by atoms with Crippen LogP contribution in [0.25, 0.3) is 0 Å². The van der Waals surface area contributed by atoms with Gasteiger partial charge in [0.05, 0.1) is 17.9 Å². The van der Waals surface area contributed by atoms with E-state index in [1.807, 2.05) is 36.4 Å². The second-order valence-electron chi connectivity index (χ2n) is 16.2. The number of nitrogens with zero attached hydrogens (tertiary/aromatic N) is 2. The average molecular weight is 681 g/mol. The third-order valence-electron chi connectivity index (χ3n) is 12.8. The number of piperidine rings is 1. The van der Waals surface area contributed by atoms with Crippen molar-refractivity contribution >= 4 is 23.4 Å². The minimum atomic E-state index is -1.14. The van der Waals surface area contributed by atoms with E-state index in [-0.39, 0.29) is 23.8 Å². The Balaban J connectivity index is 1.05. The number of benzene rings is 2. The fourth-order valence-electron chi connectivity index (χ4n) is 9.56. The number of hydrogen-bond acceptors (Lipinski definition) is 5. The number of carbonyl (C=O) groups is 3. The Morgan fingerprint density at radius 3 is 2.40 bits per heavy atom. The molecule has 4 aliphatic heterocycles. The van der Waals surface area contributed by atoms with E-state index >= 15 is 0 Å². The normalized spacial score (nSPS) is 32.5. The predicted octanol–water partition coefficient (Wildman–Crippen LogP) is 6.18. The summed E-state index contributed by atoms with van der Waals surface area (Å²) >= 11 is 0. The first kappa shape index (κ1) is 34.9. The summed E-state index contributed by atoms with van der Waals surface area (Å²) in [5.74, 6) is 0.0112. The van der Waals surface area contributed by atoms with Crippen LogP contribution in [-0.4, -0.2) is 77.5 Å². The standard InChI is InChI=1S/C42H56N4O4/c1-27(2)32-14-16-33(17-15-32)43-39(47)36-35-18-21-42(50-35)37(36)41(49)46(38(42)40(48)44-34-13-8-10-28(3)29(34)4)23-9-22-45-24-19-31(20-25-45)26-30-11-6-5-7-12-30/h5-7,11-12,14-18,21,27-29,31,34-38H,8-10,13,19-20,22-26H2,1-4H3,(H,43,47)(H,44,48)/t28-,29+,34-,35-,36+,37-,38-,42-/m1/s1. The number of likely N-dealkylation sites (tertiary alicyclic amines) is 2. The van der Waals surface area contributed by atoms with Crippen LogP contribution >= 0.6 is 0 Å². The van der Waals surface area contributed by atoms with Crippen molar-refractivity contribution in [2.24, 2.45) is 29.6 Å². The number of fused-ring (bicyclic) bond motifs is 1. The number of amides is 3. The molecule has 0 radical (unpaired) electrons. The second kappa shape index (κ2) is 14.6. The van der Waals surface area contributed by atoms with Crippen molar-refractivity contribution in [1.82, 2.24) is 15.1 Å². The minimum Gasteiger partial charge on any atom is -0.359 e. The van der Waals surface area contributed by atoms with Gasteiger partial charge < -0.3 is 25.2 Å². The summed E-state index contributed by atoms with van der Waals surface area (Å²) in [6, 6.07) is 17.9. The summed E-state index contributed by atoms with van der Waals surface area (Å²) in [6.07, 6.45) is 10.7. The lowest BCUT2D eigenvalue weighted by atomic mass is 9.73. The molecule has 8 atom stereocenters. The number of rotatable bonds is 11. The predicted molar refractivity (Wildman–Crippen MR) is 196 cm³/mol. The molecule has 8 heteroatoms. The monoisotopic (exact) mass is 680 g/mol. The summed E-state index contributed by atoms with van der Waals surface area (Å²) in [5, 5.41) is 6.46. The second-order valence-corrected chi connectivity index (χ2v) is 16.2. The molecule has 0 unspecified atom stereocenters. The lowest BCUT2D eigenvalue weighted by Gasteiger charge is -2.38. The van der Waals surface area contributed by atoms with Crippen LogP contribution in [0, 0.1) is 29.6 Å². The Morgan fingerprint density at radius 2 is 1.68 bits per heavy atom. The highest BCUT2D eigenvalue weighted by molar-refractivity contribution is 6.02. The molecule has 50 heavy (non-hydrogen) atoms. The number of nitrogens with one attached hydrogen (secondary N) is 2.